The minimum Gasteiger partial charge on any atom is -0.493 e. The first-order chi connectivity index (χ1) is 7.27. The van der Waals surface area contributed by atoms with E-state index in [4.69, 9.17) is 9.84 Å². The first-order valence-corrected chi connectivity index (χ1v) is 5.29. The zero-order valence-corrected chi connectivity index (χ0v) is 9.36. The summed E-state index contributed by atoms with van der Waals surface area (Å²) in [5, 5.41) is 11.8. The third-order valence-electron chi connectivity index (χ3n) is 2.36. The molecular formula is C12H19NO2. The van der Waals surface area contributed by atoms with E-state index in [-0.39, 0.29) is 6.61 Å². The molecule has 0 spiro atoms. The van der Waals surface area contributed by atoms with Crippen molar-refractivity contribution < 1.29 is 9.84 Å². The SMILES string of the molecule is CNC(C)c1cccc(OCCCO)c1. The van der Waals surface area contributed by atoms with Crippen LogP contribution in [0.3, 0.4) is 0 Å². The fourth-order valence-corrected chi connectivity index (χ4v) is 1.29. The van der Waals surface area contributed by atoms with Crippen LogP contribution in [-0.4, -0.2) is 25.4 Å². The maximum Gasteiger partial charge on any atom is 0.119 e. The Balaban J connectivity index is 2.57. The van der Waals surface area contributed by atoms with Gasteiger partial charge in [-0.3, -0.25) is 0 Å². The highest BCUT2D eigenvalue weighted by molar-refractivity contribution is 5.30. The molecular weight excluding hydrogens is 190 g/mol. The Kier molecular flexibility index (Phi) is 5.15. The highest BCUT2D eigenvalue weighted by atomic mass is 16.5. The summed E-state index contributed by atoms with van der Waals surface area (Å²) < 4.78 is 5.49. The van der Waals surface area contributed by atoms with Gasteiger partial charge in [0.25, 0.3) is 0 Å². The van der Waals surface area contributed by atoms with E-state index in [1.54, 1.807) is 0 Å². The zero-order valence-electron chi connectivity index (χ0n) is 9.36. The van der Waals surface area contributed by atoms with Crippen molar-refractivity contribution in [3.05, 3.63) is 29.8 Å². The molecule has 1 aromatic carbocycles. The first kappa shape index (κ1) is 12.0. The minimum absolute atomic E-state index is 0.173. The molecule has 1 aromatic rings. The molecule has 0 saturated heterocycles. The van der Waals surface area contributed by atoms with Crippen molar-refractivity contribution in [2.75, 3.05) is 20.3 Å². The minimum atomic E-state index is 0.173. The van der Waals surface area contributed by atoms with Crippen LogP contribution in [0.2, 0.25) is 0 Å². The van der Waals surface area contributed by atoms with E-state index in [0.717, 1.165) is 5.75 Å². The number of rotatable bonds is 6. The zero-order chi connectivity index (χ0) is 11.1. The van der Waals surface area contributed by atoms with Gasteiger partial charge in [-0.15, -0.1) is 0 Å². The molecule has 0 radical (unpaired) electrons. The molecule has 3 heteroatoms. The van der Waals surface area contributed by atoms with Gasteiger partial charge in [-0.1, -0.05) is 12.1 Å². The predicted molar refractivity (Wildman–Crippen MR) is 61.1 cm³/mol. The molecule has 1 rings (SSSR count). The van der Waals surface area contributed by atoms with Gasteiger partial charge in [0.1, 0.15) is 5.75 Å². The van der Waals surface area contributed by atoms with Gasteiger partial charge in [-0.25, -0.2) is 0 Å². The third kappa shape index (κ3) is 3.90. The Morgan fingerprint density at radius 2 is 2.27 bits per heavy atom. The van der Waals surface area contributed by atoms with Crippen molar-refractivity contribution in [2.45, 2.75) is 19.4 Å². The number of ether oxygens (including phenoxy) is 1. The van der Waals surface area contributed by atoms with Crippen molar-refractivity contribution in [1.29, 1.82) is 0 Å². The topological polar surface area (TPSA) is 41.5 Å². The van der Waals surface area contributed by atoms with Gasteiger partial charge in [-0.05, 0) is 31.7 Å². The second-order valence-electron chi connectivity index (χ2n) is 3.51. The molecule has 0 aliphatic heterocycles. The van der Waals surface area contributed by atoms with Crippen LogP contribution in [0.1, 0.15) is 24.9 Å². The lowest BCUT2D eigenvalue weighted by molar-refractivity contribution is 0.233. The predicted octanol–water partition coefficient (Wildman–Crippen LogP) is 1.73. The number of aliphatic hydroxyl groups is 1. The van der Waals surface area contributed by atoms with Crippen LogP contribution in [0.4, 0.5) is 0 Å². The molecule has 0 saturated carbocycles. The van der Waals surface area contributed by atoms with Crippen LogP contribution in [-0.2, 0) is 0 Å². The lowest BCUT2D eigenvalue weighted by Crippen LogP contribution is -2.12. The monoisotopic (exact) mass is 209 g/mol. The summed E-state index contributed by atoms with van der Waals surface area (Å²) in [6.45, 7) is 2.84. The Bertz CT molecular complexity index is 289. The fourth-order valence-electron chi connectivity index (χ4n) is 1.29. The maximum atomic E-state index is 8.64. The molecule has 0 aliphatic rings. The molecule has 0 heterocycles. The summed E-state index contributed by atoms with van der Waals surface area (Å²) in [6.07, 6.45) is 0.672. The van der Waals surface area contributed by atoms with E-state index in [1.807, 2.05) is 25.2 Å². The van der Waals surface area contributed by atoms with Crippen LogP contribution >= 0.6 is 0 Å². The van der Waals surface area contributed by atoms with Crippen LogP contribution in [0, 0.1) is 0 Å². The normalized spacial score (nSPS) is 12.5. The molecule has 84 valence electrons. The quantitative estimate of drug-likeness (QED) is 0.701. The third-order valence-corrected chi connectivity index (χ3v) is 2.36. The van der Waals surface area contributed by atoms with E-state index in [2.05, 4.69) is 18.3 Å². The average molecular weight is 209 g/mol. The molecule has 1 unspecified atom stereocenters. The van der Waals surface area contributed by atoms with Crippen molar-refractivity contribution in [1.82, 2.24) is 5.32 Å². The molecule has 1 atom stereocenters. The fraction of sp³-hybridized carbons (Fsp3) is 0.500. The summed E-state index contributed by atoms with van der Waals surface area (Å²) in [5.41, 5.74) is 1.21. The van der Waals surface area contributed by atoms with E-state index < -0.39 is 0 Å². The van der Waals surface area contributed by atoms with Gasteiger partial charge in [0, 0.05) is 19.1 Å². The number of hydrogen-bond acceptors (Lipinski definition) is 3. The standard InChI is InChI=1S/C12H19NO2/c1-10(13-2)11-5-3-6-12(9-11)15-8-4-7-14/h3,5-6,9-10,13-14H,4,7-8H2,1-2H3. The Morgan fingerprint density at radius 3 is 2.93 bits per heavy atom. The van der Waals surface area contributed by atoms with E-state index in [9.17, 15) is 0 Å². The van der Waals surface area contributed by atoms with Gasteiger partial charge >= 0.3 is 0 Å². The summed E-state index contributed by atoms with van der Waals surface area (Å²) >= 11 is 0. The molecule has 0 aliphatic carbocycles. The van der Waals surface area contributed by atoms with Gasteiger partial charge in [0.05, 0.1) is 6.61 Å². The van der Waals surface area contributed by atoms with E-state index >= 15 is 0 Å². The van der Waals surface area contributed by atoms with Gasteiger partial charge in [-0.2, -0.15) is 0 Å². The first-order valence-electron chi connectivity index (χ1n) is 5.29. The lowest BCUT2D eigenvalue weighted by Gasteiger charge is -2.12. The molecule has 0 aromatic heterocycles. The second kappa shape index (κ2) is 6.43. The van der Waals surface area contributed by atoms with Gasteiger partial charge in [0.2, 0.25) is 0 Å². The van der Waals surface area contributed by atoms with Crippen LogP contribution < -0.4 is 10.1 Å². The molecule has 0 bridgehead atoms. The van der Waals surface area contributed by atoms with Gasteiger partial charge in [0.15, 0.2) is 0 Å². The highest BCUT2D eigenvalue weighted by Gasteiger charge is 2.03. The molecule has 3 nitrogen and oxygen atoms in total. The summed E-state index contributed by atoms with van der Waals surface area (Å²) in [7, 11) is 1.93. The van der Waals surface area contributed by atoms with Crippen LogP contribution in [0.5, 0.6) is 5.75 Å². The molecule has 0 amide bonds. The Labute approximate surface area is 91.1 Å². The van der Waals surface area contributed by atoms with Crippen molar-refractivity contribution in [3.8, 4) is 5.75 Å². The number of hydrogen-bond donors (Lipinski definition) is 2. The second-order valence-corrected chi connectivity index (χ2v) is 3.51. The number of benzene rings is 1. The van der Waals surface area contributed by atoms with Crippen molar-refractivity contribution in [2.24, 2.45) is 0 Å². The Morgan fingerprint density at radius 1 is 1.47 bits per heavy atom. The smallest absolute Gasteiger partial charge is 0.119 e. The van der Waals surface area contributed by atoms with Crippen LogP contribution in [0.15, 0.2) is 24.3 Å². The van der Waals surface area contributed by atoms with E-state index in [0.29, 0.717) is 19.1 Å². The Hall–Kier alpha value is -1.06. The number of aliphatic hydroxyl groups excluding tert-OH is 1. The average Bonchev–Trinajstić information content (AvgIpc) is 2.29. The molecule has 0 fully saturated rings. The highest BCUT2D eigenvalue weighted by Crippen LogP contribution is 2.18. The van der Waals surface area contributed by atoms with E-state index in [1.165, 1.54) is 5.56 Å². The maximum absolute atomic E-state index is 8.64. The summed E-state index contributed by atoms with van der Waals surface area (Å²) in [5.74, 6) is 0.864. The van der Waals surface area contributed by atoms with Crippen molar-refractivity contribution in [3.63, 3.8) is 0 Å². The van der Waals surface area contributed by atoms with Crippen LogP contribution in [0.25, 0.3) is 0 Å². The van der Waals surface area contributed by atoms with Gasteiger partial charge < -0.3 is 15.2 Å². The van der Waals surface area contributed by atoms with Crippen molar-refractivity contribution >= 4 is 0 Å². The molecule has 2 N–H and O–H groups in total. The summed E-state index contributed by atoms with van der Waals surface area (Å²) in [6, 6.07) is 8.34. The number of nitrogens with one attached hydrogen (secondary N) is 1. The summed E-state index contributed by atoms with van der Waals surface area (Å²) in [4.78, 5) is 0. The lowest BCUT2D eigenvalue weighted by atomic mass is 10.1. The largest absolute Gasteiger partial charge is 0.493 e. The molecule has 15 heavy (non-hydrogen) atoms.